The molecule has 0 fully saturated rings. The Balaban J connectivity index is 2.22. The summed E-state index contributed by atoms with van der Waals surface area (Å²) in [5.74, 6) is 0.138. The highest BCUT2D eigenvalue weighted by Gasteiger charge is 2.42. The zero-order valence-corrected chi connectivity index (χ0v) is 16.9. The van der Waals surface area contributed by atoms with E-state index in [-0.39, 0.29) is 11.8 Å². The van der Waals surface area contributed by atoms with Crippen molar-refractivity contribution in [1.29, 1.82) is 0 Å². The monoisotopic (exact) mass is 391 g/mol. The third kappa shape index (κ3) is 3.55. The molecule has 2 aromatic carbocycles. The van der Waals surface area contributed by atoms with Crippen LogP contribution >= 0.6 is 11.6 Å². The van der Waals surface area contributed by atoms with Crippen molar-refractivity contribution in [3.8, 4) is 0 Å². The van der Waals surface area contributed by atoms with Crippen molar-refractivity contribution in [3.05, 3.63) is 64.7 Å². The second kappa shape index (κ2) is 7.71. The van der Waals surface area contributed by atoms with Crippen molar-refractivity contribution in [3.63, 3.8) is 0 Å². The van der Waals surface area contributed by atoms with Gasteiger partial charge in [-0.25, -0.2) is 8.42 Å². The Morgan fingerprint density at radius 2 is 1.81 bits per heavy atom. The molecule has 5 heteroatoms. The molecule has 0 saturated heterocycles. The van der Waals surface area contributed by atoms with Gasteiger partial charge >= 0.3 is 0 Å². The van der Waals surface area contributed by atoms with Gasteiger partial charge in [-0.05, 0) is 42.2 Å². The van der Waals surface area contributed by atoms with Crippen LogP contribution in [0.15, 0.2) is 53.4 Å². The summed E-state index contributed by atoms with van der Waals surface area (Å²) >= 11 is 6.10. The zero-order valence-electron chi connectivity index (χ0n) is 15.3. The highest BCUT2D eigenvalue weighted by Crippen LogP contribution is 2.40. The molecule has 0 unspecified atom stereocenters. The molecule has 140 valence electrons. The number of hydrogen-bond donors (Lipinski definition) is 1. The van der Waals surface area contributed by atoms with Gasteiger partial charge in [-0.15, -0.1) is 0 Å². The fourth-order valence-electron chi connectivity index (χ4n) is 3.99. The molecule has 1 aliphatic rings. The van der Waals surface area contributed by atoms with E-state index in [1.54, 1.807) is 6.07 Å². The summed E-state index contributed by atoms with van der Waals surface area (Å²) in [6, 6.07) is 15.1. The molecule has 2 aromatic rings. The molecule has 0 amide bonds. The van der Waals surface area contributed by atoms with Crippen molar-refractivity contribution in [1.82, 2.24) is 5.32 Å². The normalized spacial score (nSPS) is 24.7. The van der Waals surface area contributed by atoms with E-state index in [0.717, 1.165) is 36.8 Å². The van der Waals surface area contributed by atoms with Crippen LogP contribution in [0.5, 0.6) is 0 Å². The number of sulfone groups is 1. The first-order chi connectivity index (χ1) is 12.4. The smallest absolute Gasteiger partial charge is 0.180 e. The lowest BCUT2D eigenvalue weighted by molar-refractivity contribution is 0.329. The largest absolute Gasteiger partial charge is 0.300 e. The van der Waals surface area contributed by atoms with E-state index in [1.165, 1.54) is 0 Å². The van der Waals surface area contributed by atoms with Gasteiger partial charge in [-0.3, -0.25) is 5.32 Å². The average Bonchev–Trinajstić information content (AvgIpc) is 2.74. The van der Waals surface area contributed by atoms with Gasteiger partial charge in [-0.1, -0.05) is 68.6 Å². The number of rotatable bonds is 5. The maximum atomic E-state index is 13.1. The number of benzene rings is 2. The summed E-state index contributed by atoms with van der Waals surface area (Å²) in [6.45, 7) is 4.24. The van der Waals surface area contributed by atoms with Gasteiger partial charge in [0.15, 0.2) is 9.84 Å². The van der Waals surface area contributed by atoms with Gasteiger partial charge in [0.2, 0.25) is 0 Å². The van der Waals surface area contributed by atoms with Crippen LogP contribution in [0, 0.1) is 0 Å². The first-order valence-electron chi connectivity index (χ1n) is 9.29. The van der Waals surface area contributed by atoms with Gasteiger partial charge in [0, 0.05) is 11.1 Å². The summed E-state index contributed by atoms with van der Waals surface area (Å²) in [5, 5.41) is 4.42. The molecule has 0 bridgehead atoms. The third-order valence-corrected chi connectivity index (χ3v) is 7.45. The van der Waals surface area contributed by atoms with Gasteiger partial charge in [0.1, 0.15) is 0 Å². The summed E-state index contributed by atoms with van der Waals surface area (Å²) in [6.07, 6.45) is 3.65. The number of fused-ring (bicyclic) bond motifs is 1. The third-order valence-electron chi connectivity index (χ3n) is 5.33. The second-order valence-corrected chi connectivity index (χ2v) is 9.47. The van der Waals surface area contributed by atoms with Crippen LogP contribution in [0.4, 0.5) is 0 Å². The summed E-state index contributed by atoms with van der Waals surface area (Å²) in [4.78, 5) is 0.447. The predicted octanol–water partition coefficient (Wildman–Crippen LogP) is 4.93. The lowest BCUT2D eigenvalue weighted by atomic mass is 9.79. The molecule has 1 heterocycles. The van der Waals surface area contributed by atoms with E-state index in [2.05, 4.69) is 19.2 Å². The van der Waals surface area contributed by atoms with Crippen LogP contribution in [0.3, 0.4) is 0 Å². The molecular formula is C21H26ClNO2S. The lowest BCUT2D eigenvalue weighted by Crippen LogP contribution is -2.48. The predicted molar refractivity (Wildman–Crippen MR) is 107 cm³/mol. The van der Waals surface area contributed by atoms with E-state index >= 15 is 0 Å². The second-order valence-electron chi connectivity index (χ2n) is 7.03. The molecule has 0 aromatic heterocycles. The molecule has 1 N–H and O–H groups in total. The Bertz CT molecular complexity index is 864. The first kappa shape index (κ1) is 19.4. The molecule has 0 aliphatic carbocycles. The van der Waals surface area contributed by atoms with Gasteiger partial charge < -0.3 is 0 Å². The zero-order chi connectivity index (χ0) is 18.8. The van der Waals surface area contributed by atoms with Crippen molar-refractivity contribution in [2.45, 2.75) is 56.0 Å². The van der Waals surface area contributed by atoms with Crippen molar-refractivity contribution < 1.29 is 8.42 Å². The summed E-state index contributed by atoms with van der Waals surface area (Å²) in [7, 11) is -3.34. The van der Waals surface area contributed by atoms with Crippen molar-refractivity contribution in [2.24, 2.45) is 0 Å². The van der Waals surface area contributed by atoms with Crippen LogP contribution in [-0.4, -0.2) is 20.2 Å². The molecule has 0 radical (unpaired) electrons. The van der Waals surface area contributed by atoms with E-state index in [4.69, 9.17) is 11.6 Å². The number of hydrogen-bond acceptors (Lipinski definition) is 3. The Labute approximate surface area is 161 Å². The van der Waals surface area contributed by atoms with Gasteiger partial charge in [0.25, 0.3) is 0 Å². The lowest BCUT2D eigenvalue weighted by Gasteiger charge is -2.37. The van der Waals surface area contributed by atoms with Crippen LogP contribution in [0.1, 0.15) is 50.7 Å². The molecule has 0 saturated carbocycles. The maximum Gasteiger partial charge on any atom is 0.180 e. The van der Waals surface area contributed by atoms with Crippen LogP contribution < -0.4 is 5.32 Å². The maximum absolute atomic E-state index is 13.1. The first-order valence-corrected chi connectivity index (χ1v) is 11.3. The molecule has 3 rings (SSSR count). The van der Waals surface area contributed by atoms with Crippen LogP contribution in [0.25, 0.3) is 0 Å². The Kier molecular flexibility index (Phi) is 5.75. The minimum Gasteiger partial charge on any atom is -0.300 e. The van der Waals surface area contributed by atoms with Crippen LogP contribution in [-0.2, 0) is 15.4 Å². The Morgan fingerprint density at radius 1 is 1.12 bits per heavy atom. The number of nitrogens with one attached hydrogen (secondary N) is 1. The van der Waals surface area contributed by atoms with E-state index in [1.807, 2.05) is 42.5 Å². The van der Waals surface area contributed by atoms with Crippen molar-refractivity contribution >= 4 is 21.4 Å². The Hall–Kier alpha value is -1.36. The molecular weight excluding hydrogens is 366 g/mol. The topological polar surface area (TPSA) is 46.2 Å². The van der Waals surface area contributed by atoms with Gasteiger partial charge in [-0.2, -0.15) is 0 Å². The minimum atomic E-state index is -3.34. The average molecular weight is 392 g/mol. The summed E-state index contributed by atoms with van der Waals surface area (Å²) in [5.41, 5.74) is 1.35. The SMILES string of the molecule is CCCC[C@H]1CS(=O)(=O)c2ccccc2[C@](CC)(c2ccc(Cl)cc2)N1. The van der Waals surface area contributed by atoms with E-state index in [0.29, 0.717) is 9.92 Å². The molecule has 1 aliphatic heterocycles. The highest BCUT2D eigenvalue weighted by atomic mass is 35.5. The molecule has 26 heavy (non-hydrogen) atoms. The molecule has 2 atom stereocenters. The minimum absolute atomic E-state index is 0.0806. The van der Waals surface area contributed by atoms with Gasteiger partial charge in [0.05, 0.1) is 16.2 Å². The van der Waals surface area contributed by atoms with Crippen molar-refractivity contribution in [2.75, 3.05) is 5.75 Å². The highest BCUT2D eigenvalue weighted by molar-refractivity contribution is 7.91. The number of halogens is 1. The van der Waals surface area contributed by atoms with E-state index < -0.39 is 15.4 Å². The fourth-order valence-corrected chi connectivity index (χ4v) is 5.94. The molecule has 3 nitrogen and oxygen atoms in total. The molecule has 0 spiro atoms. The number of unbranched alkanes of at least 4 members (excludes halogenated alkanes) is 1. The summed E-state index contributed by atoms with van der Waals surface area (Å²) < 4.78 is 26.2. The quantitative estimate of drug-likeness (QED) is 0.786. The van der Waals surface area contributed by atoms with Crippen LogP contribution in [0.2, 0.25) is 5.02 Å². The Morgan fingerprint density at radius 3 is 2.46 bits per heavy atom. The van der Waals surface area contributed by atoms with E-state index in [9.17, 15) is 8.42 Å². The standard InChI is InChI=1S/C21H26ClNO2S/c1-3-5-8-18-15-26(24,25)20-10-7-6-9-19(20)21(4-2,23-18)16-11-13-17(22)14-12-16/h6-7,9-14,18,23H,3-5,8,15H2,1-2H3/t18-,21-/m0/s1. The fraction of sp³-hybridized carbons (Fsp3) is 0.429.